The molecule has 1 atom stereocenters. The van der Waals surface area contributed by atoms with Crippen molar-refractivity contribution in [2.75, 3.05) is 37.4 Å². The number of benzene rings is 1. The van der Waals surface area contributed by atoms with Gasteiger partial charge in [-0.2, -0.15) is 0 Å². The second-order valence-electron chi connectivity index (χ2n) is 12.2. The van der Waals surface area contributed by atoms with E-state index in [-0.39, 0.29) is 11.7 Å². The number of hydrogen-bond acceptors (Lipinski definition) is 8. The molecule has 2 aliphatic heterocycles. The number of carbonyl (C=O) groups is 2. The number of carbonyl (C=O) groups excluding carboxylic acids is 2. The first-order valence-corrected chi connectivity index (χ1v) is 14.7. The SMILES string of the molecule is CC1(C(=O)[C@]2(c3nc(-c4ccc(C(=O)Nc5cc(C6CCC6)ccn5)cc4)c4c(N)nccn34)CCCNC2)COC1. The number of piperidine rings is 1. The second-order valence-corrected chi connectivity index (χ2v) is 12.2. The third-order valence-corrected chi connectivity index (χ3v) is 9.24. The third-order valence-electron chi connectivity index (χ3n) is 9.24. The van der Waals surface area contributed by atoms with Crippen LogP contribution in [0.3, 0.4) is 0 Å². The number of nitrogens with two attached hydrogens (primary N) is 1. The zero-order chi connectivity index (χ0) is 28.9. The van der Waals surface area contributed by atoms with E-state index in [1.807, 2.05) is 41.8 Å². The lowest BCUT2D eigenvalue weighted by atomic mass is 9.65. The Morgan fingerprint density at radius 1 is 1.10 bits per heavy atom. The van der Waals surface area contributed by atoms with E-state index in [4.69, 9.17) is 15.5 Å². The summed E-state index contributed by atoms with van der Waals surface area (Å²) in [6.07, 6.45) is 10.4. The van der Waals surface area contributed by atoms with E-state index in [1.165, 1.54) is 24.8 Å². The molecule has 1 saturated carbocycles. The molecule has 1 aromatic carbocycles. The molecule has 1 aliphatic carbocycles. The summed E-state index contributed by atoms with van der Waals surface area (Å²) in [5.41, 5.74) is 8.84. The maximum atomic E-state index is 14.2. The molecule has 4 aromatic rings. The van der Waals surface area contributed by atoms with Crippen molar-refractivity contribution < 1.29 is 14.3 Å². The molecule has 10 heteroatoms. The summed E-state index contributed by atoms with van der Waals surface area (Å²) in [6, 6.07) is 11.3. The number of Topliss-reactive ketones (excluding diaryl/α,β-unsaturated/α-hetero) is 1. The average Bonchev–Trinajstić information content (AvgIpc) is 3.37. The maximum absolute atomic E-state index is 14.2. The summed E-state index contributed by atoms with van der Waals surface area (Å²) >= 11 is 0. The molecule has 0 radical (unpaired) electrons. The van der Waals surface area contributed by atoms with Gasteiger partial charge in [-0.05, 0) is 74.9 Å². The molecule has 0 unspecified atom stereocenters. The van der Waals surface area contributed by atoms with Gasteiger partial charge in [0, 0.05) is 36.3 Å². The van der Waals surface area contributed by atoms with Crippen molar-refractivity contribution in [3.8, 4) is 11.3 Å². The minimum absolute atomic E-state index is 0.143. The zero-order valence-electron chi connectivity index (χ0n) is 23.7. The van der Waals surface area contributed by atoms with Gasteiger partial charge in [0.25, 0.3) is 5.91 Å². The van der Waals surface area contributed by atoms with E-state index < -0.39 is 10.8 Å². The first kappa shape index (κ1) is 26.7. The quantitative estimate of drug-likeness (QED) is 0.304. The Balaban J connectivity index is 1.22. The second kappa shape index (κ2) is 10.3. The first-order chi connectivity index (χ1) is 20.4. The summed E-state index contributed by atoms with van der Waals surface area (Å²) in [6.45, 7) is 4.16. The molecule has 10 nitrogen and oxygen atoms in total. The number of rotatable bonds is 7. The molecular formula is C32H35N7O3. The largest absolute Gasteiger partial charge is 0.382 e. The Hall–Kier alpha value is -4.15. The number of nitrogen functional groups attached to an aromatic ring is 1. The molecule has 0 bridgehead atoms. The van der Waals surface area contributed by atoms with Crippen molar-refractivity contribution in [3.63, 3.8) is 0 Å². The number of ether oxygens (including phenoxy) is 1. The number of fused-ring (bicyclic) bond motifs is 1. The molecule has 0 spiro atoms. The number of pyridine rings is 1. The average molecular weight is 566 g/mol. The van der Waals surface area contributed by atoms with Crippen LogP contribution >= 0.6 is 0 Å². The highest BCUT2D eigenvalue weighted by Crippen LogP contribution is 2.43. The highest BCUT2D eigenvalue weighted by molar-refractivity contribution is 6.04. The third kappa shape index (κ3) is 4.37. The predicted octanol–water partition coefficient (Wildman–Crippen LogP) is 4.12. The van der Waals surface area contributed by atoms with E-state index in [0.717, 1.165) is 18.5 Å². The van der Waals surface area contributed by atoms with E-state index in [1.54, 1.807) is 24.5 Å². The Labute approximate surface area is 244 Å². The number of aromatic nitrogens is 4. The summed E-state index contributed by atoms with van der Waals surface area (Å²) in [4.78, 5) is 41.1. The van der Waals surface area contributed by atoms with Crippen LogP contribution in [0, 0.1) is 5.41 Å². The molecule has 7 rings (SSSR count). The Morgan fingerprint density at radius 3 is 2.57 bits per heavy atom. The van der Waals surface area contributed by atoms with Crippen LogP contribution in [-0.2, 0) is 14.9 Å². The van der Waals surface area contributed by atoms with Gasteiger partial charge >= 0.3 is 0 Å². The van der Waals surface area contributed by atoms with Crippen LogP contribution in [0.5, 0.6) is 0 Å². The lowest BCUT2D eigenvalue weighted by molar-refractivity contribution is -0.162. The van der Waals surface area contributed by atoms with Crippen LogP contribution in [0.1, 0.15) is 66.7 Å². The fourth-order valence-electron chi connectivity index (χ4n) is 6.59. The Morgan fingerprint density at radius 2 is 1.90 bits per heavy atom. The van der Waals surface area contributed by atoms with E-state index in [0.29, 0.717) is 66.3 Å². The van der Waals surface area contributed by atoms with Gasteiger partial charge in [0.15, 0.2) is 5.78 Å². The van der Waals surface area contributed by atoms with Crippen LogP contribution < -0.4 is 16.4 Å². The van der Waals surface area contributed by atoms with Crippen molar-refractivity contribution >= 4 is 28.8 Å². The summed E-state index contributed by atoms with van der Waals surface area (Å²) < 4.78 is 7.39. The van der Waals surface area contributed by atoms with Gasteiger partial charge in [-0.3, -0.25) is 14.0 Å². The monoisotopic (exact) mass is 565 g/mol. The number of hydrogen-bond donors (Lipinski definition) is 3. The standard InChI is InChI=1S/C32H35N7O3/c1-31(18-42-19-31)29(41)32(11-3-12-34-17-32)30-38-25(26-27(33)36-14-15-39(26)30)21-6-8-22(9-7-21)28(40)37-24-16-23(10-13-35-24)20-4-2-5-20/h6-10,13-16,20,34H,2-5,11-12,17-19H2,1H3,(H2,33,36)(H,35,37,40)/t32-/m0/s1. The molecular weight excluding hydrogens is 530 g/mol. The van der Waals surface area contributed by atoms with Crippen LogP contribution in [0.25, 0.3) is 16.8 Å². The van der Waals surface area contributed by atoms with Gasteiger partial charge in [0.05, 0.1) is 18.6 Å². The van der Waals surface area contributed by atoms with Crippen LogP contribution in [0.2, 0.25) is 0 Å². The highest BCUT2D eigenvalue weighted by atomic mass is 16.5. The lowest BCUT2D eigenvalue weighted by Crippen LogP contribution is -2.60. The Kier molecular flexibility index (Phi) is 6.55. The number of ketones is 1. The minimum Gasteiger partial charge on any atom is -0.382 e. The predicted molar refractivity (Wildman–Crippen MR) is 159 cm³/mol. The summed E-state index contributed by atoms with van der Waals surface area (Å²) in [7, 11) is 0. The van der Waals surface area contributed by atoms with Crippen molar-refractivity contribution in [2.24, 2.45) is 5.41 Å². The normalized spacial score (nSPS) is 21.8. The minimum atomic E-state index is -0.827. The van der Waals surface area contributed by atoms with Gasteiger partial charge < -0.3 is 21.1 Å². The fraction of sp³-hybridized carbons (Fsp3) is 0.406. The molecule has 3 fully saturated rings. The number of nitrogens with zero attached hydrogens (tertiary/aromatic N) is 4. The smallest absolute Gasteiger partial charge is 0.256 e. The molecule has 3 aliphatic rings. The number of imidazole rings is 1. The van der Waals surface area contributed by atoms with Gasteiger partial charge in [-0.15, -0.1) is 0 Å². The maximum Gasteiger partial charge on any atom is 0.256 e. The molecule has 1 amide bonds. The molecule has 3 aromatic heterocycles. The lowest BCUT2D eigenvalue weighted by Gasteiger charge is -2.45. The first-order valence-electron chi connectivity index (χ1n) is 14.7. The van der Waals surface area contributed by atoms with Crippen molar-refractivity contribution in [1.29, 1.82) is 0 Å². The zero-order valence-corrected chi connectivity index (χ0v) is 23.7. The van der Waals surface area contributed by atoms with Gasteiger partial charge in [0.2, 0.25) is 0 Å². The number of amides is 1. The van der Waals surface area contributed by atoms with Crippen molar-refractivity contribution in [1.82, 2.24) is 24.7 Å². The molecule has 4 N–H and O–H groups in total. The van der Waals surface area contributed by atoms with Gasteiger partial charge in [0.1, 0.15) is 34.1 Å². The molecule has 5 heterocycles. The van der Waals surface area contributed by atoms with Crippen LogP contribution in [0.4, 0.5) is 11.6 Å². The topological polar surface area (TPSA) is 137 Å². The highest BCUT2D eigenvalue weighted by Gasteiger charge is 2.55. The fourth-order valence-corrected chi connectivity index (χ4v) is 6.59. The number of nitrogens with one attached hydrogen (secondary N) is 2. The Bertz CT molecular complexity index is 1670. The van der Waals surface area contributed by atoms with Crippen LogP contribution in [-0.4, -0.2) is 57.3 Å². The van der Waals surface area contributed by atoms with Crippen molar-refractivity contribution in [3.05, 3.63) is 71.9 Å². The van der Waals surface area contributed by atoms with Gasteiger partial charge in [-0.1, -0.05) is 18.6 Å². The van der Waals surface area contributed by atoms with Crippen LogP contribution in [0.15, 0.2) is 55.0 Å². The van der Waals surface area contributed by atoms with E-state index in [9.17, 15) is 9.59 Å². The van der Waals surface area contributed by atoms with E-state index >= 15 is 0 Å². The van der Waals surface area contributed by atoms with E-state index in [2.05, 4.69) is 20.6 Å². The number of anilines is 2. The van der Waals surface area contributed by atoms with Crippen molar-refractivity contribution in [2.45, 2.75) is 50.4 Å². The summed E-state index contributed by atoms with van der Waals surface area (Å²) in [5, 5.41) is 6.38. The molecule has 2 saturated heterocycles. The molecule has 216 valence electrons. The van der Waals surface area contributed by atoms with Gasteiger partial charge in [-0.25, -0.2) is 15.0 Å². The summed E-state index contributed by atoms with van der Waals surface area (Å²) in [5.74, 6) is 2.01. The molecule has 42 heavy (non-hydrogen) atoms.